The molecule has 0 saturated carbocycles. The van der Waals surface area contributed by atoms with Crippen molar-refractivity contribution in [2.45, 2.75) is 18.9 Å². The number of hydrogen-bond donors (Lipinski definition) is 2. The van der Waals surface area contributed by atoms with Crippen LogP contribution in [-0.2, 0) is 10.0 Å². The van der Waals surface area contributed by atoms with Gasteiger partial charge in [0.1, 0.15) is 18.2 Å². The van der Waals surface area contributed by atoms with Crippen LogP contribution in [0.2, 0.25) is 0 Å². The van der Waals surface area contributed by atoms with Gasteiger partial charge in [-0.05, 0) is 48.4 Å². The summed E-state index contributed by atoms with van der Waals surface area (Å²) in [6, 6.07) is 11.4. The van der Waals surface area contributed by atoms with Crippen molar-refractivity contribution in [2.75, 3.05) is 19.3 Å². The molecule has 2 aliphatic heterocycles. The lowest BCUT2D eigenvalue weighted by atomic mass is 10.1. The number of rotatable bonds is 4. The highest BCUT2D eigenvalue weighted by molar-refractivity contribution is 7.88. The summed E-state index contributed by atoms with van der Waals surface area (Å²) in [5, 5.41) is 13.1. The Morgan fingerprint density at radius 3 is 2.81 bits per heavy atom. The molecule has 0 amide bonds. The Morgan fingerprint density at radius 2 is 2.03 bits per heavy atom. The lowest BCUT2D eigenvalue weighted by Gasteiger charge is -2.30. The second-order valence-electron chi connectivity index (χ2n) is 7.81. The van der Waals surface area contributed by atoms with Crippen LogP contribution in [0.25, 0.3) is 17.0 Å². The maximum atomic E-state index is 11.8. The molecule has 2 N–H and O–H groups in total. The zero-order valence-electron chi connectivity index (χ0n) is 16.9. The zero-order valence-corrected chi connectivity index (χ0v) is 17.8. The van der Waals surface area contributed by atoms with E-state index in [0.29, 0.717) is 37.2 Å². The maximum absolute atomic E-state index is 11.8. The average Bonchev–Trinajstić information content (AvgIpc) is 3.32. The molecule has 0 radical (unpaired) electrons. The van der Waals surface area contributed by atoms with Crippen LogP contribution < -0.4 is 15.3 Å². The van der Waals surface area contributed by atoms with Gasteiger partial charge in [-0.1, -0.05) is 12.1 Å². The Hall–Kier alpha value is -3.17. The van der Waals surface area contributed by atoms with Crippen LogP contribution in [-0.4, -0.2) is 54.6 Å². The van der Waals surface area contributed by atoms with Gasteiger partial charge in [0.25, 0.3) is 0 Å². The van der Waals surface area contributed by atoms with E-state index in [-0.39, 0.29) is 12.0 Å². The standard InChI is InChI=1S/C22H22N4O4S/c1-31(28,29)26-9-7-15(8-10-26)30-20-4-2-3-18-21(20)16(22(27)25-18)11-14-5-6-17-19(12-14)24-13-23-17/h2-6,11-13,15,25,27H,7-10H2,1H3/b14-11+. The summed E-state index contributed by atoms with van der Waals surface area (Å²) in [4.78, 5) is 11.4. The molecule has 31 heavy (non-hydrogen) atoms. The van der Waals surface area contributed by atoms with Crippen LogP contribution in [0.15, 0.2) is 46.4 Å². The van der Waals surface area contributed by atoms with E-state index in [1.165, 1.54) is 16.9 Å². The highest BCUT2D eigenvalue weighted by atomic mass is 32.2. The van der Waals surface area contributed by atoms with Gasteiger partial charge >= 0.3 is 0 Å². The summed E-state index contributed by atoms with van der Waals surface area (Å²) >= 11 is 0. The summed E-state index contributed by atoms with van der Waals surface area (Å²) in [6.45, 7) is 0.884. The first-order valence-electron chi connectivity index (χ1n) is 10.1. The topological polar surface area (TPSA) is 107 Å². The van der Waals surface area contributed by atoms with Gasteiger partial charge in [0.2, 0.25) is 10.0 Å². The van der Waals surface area contributed by atoms with E-state index < -0.39 is 10.0 Å². The lowest BCUT2D eigenvalue weighted by Crippen LogP contribution is -2.41. The smallest absolute Gasteiger partial charge is 0.211 e. The van der Waals surface area contributed by atoms with Crippen LogP contribution in [0.1, 0.15) is 18.4 Å². The molecule has 1 fully saturated rings. The van der Waals surface area contributed by atoms with Gasteiger partial charge < -0.3 is 14.8 Å². The fourth-order valence-electron chi connectivity index (χ4n) is 4.09. The number of fused-ring (bicyclic) bond motifs is 2. The fraction of sp³-hybridized carbons (Fsp3) is 0.273. The highest BCUT2D eigenvalue weighted by Crippen LogP contribution is 2.36. The Kier molecular flexibility index (Phi) is 4.79. The molecule has 0 unspecified atom stereocenters. The van der Waals surface area contributed by atoms with Gasteiger partial charge in [0.15, 0.2) is 5.88 Å². The predicted octanol–water partition coefficient (Wildman–Crippen LogP) is 1.80. The predicted molar refractivity (Wildman–Crippen MR) is 119 cm³/mol. The third-order valence-electron chi connectivity index (χ3n) is 5.67. The van der Waals surface area contributed by atoms with Crippen LogP contribution in [0.4, 0.5) is 5.69 Å². The van der Waals surface area contributed by atoms with Crippen molar-refractivity contribution in [1.82, 2.24) is 9.29 Å². The van der Waals surface area contributed by atoms with Gasteiger partial charge in [-0.3, -0.25) is 0 Å². The third-order valence-corrected chi connectivity index (χ3v) is 6.97. The number of benzene rings is 2. The molecule has 1 saturated heterocycles. The highest BCUT2D eigenvalue weighted by Gasteiger charge is 2.26. The first-order chi connectivity index (χ1) is 14.9. The summed E-state index contributed by atoms with van der Waals surface area (Å²) in [6.07, 6.45) is 5.79. The second-order valence-corrected chi connectivity index (χ2v) is 9.79. The molecule has 3 heterocycles. The van der Waals surface area contributed by atoms with Gasteiger partial charge in [-0.25, -0.2) is 22.7 Å². The molecule has 1 aromatic heterocycles. The number of nitrogens with zero attached hydrogens (tertiary/aromatic N) is 3. The minimum absolute atomic E-state index is 0.0617. The number of hydrogen-bond acceptors (Lipinski definition) is 6. The van der Waals surface area contributed by atoms with Crippen molar-refractivity contribution < 1.29 is 18.3 Å². The Morgan fingerprint density at radius 1 is 1.23 bits per heavy atom. The summed E-state index contributed by atoms with van der Waals surface area (Å²) in [5.41, 5.74) is 2.20. The first-order valence-corrected chi connectivity index (χ1v) is 11.9. The van der Waals surface area contributed by atoms with Crippen LogP contribution in [0, 0.1) is 0 Å². The Bertz CT molecular complexity index is 1420. The Balaban J connectivity index is 1.49. The van der Waals surface area contributed by atoms with Crippen molar-refractivity contribution in [3.8, 4) is 11.6 Å². The number of aromatic hydroxyl groups is 1. The molecule has 9 heteroatoms. The van der Waals surface area contributed by atoms with Crippen molar-refractivity contribution in [2.24, 2.45) is 9.98 Å². The molecule has 5 rings (SSSR count). The van der Waals surface area contributed by atoms with Gasteiger partial charge in [-0.2, -0.15) is 0 Å². The third kappa shape index (κ3) is 3.82. The molecule has 0 atom stereocenters. The van der Waals surface area contributed by atoms with Crippen molar-refractivity contribution in [3.63, 3.8) is 0 Å². The van der Waals surface area contributed by atoms with E-state index >= 15 is 0 Å². The molecule has 0 bridgehead atoms. The SMILES string of the molecule is CS(=O)(=O)N1CCC(Oc2cccc3[nH]c(O)c(/C=c4\ccc5c(c4)N=CN=5)c23)CC1. The number of sulfonamides is 1. The molecule has 2 aromatic carbocycles. The summed E-state index contributed by atoms with van der Waals surface area (Å²) in [7, 11) is -3.18. The second kappa shape index (κ2) is 7.51. The van der Waals surface area contributed by atoms with E-state index in [4.69, 9.17) is 4.74 Å². The number of nitrogens with one attached hydrogen (secondary N) is 1. The molecule has 160 valence electrons. The molecular formula is C22H22N4O4S. The van der Waals surface area contributed by atoms with Crippen LogP contribution >= 0.6 is 0 Å². The van der Waals surface area contributed by atoms with Crippen LogP contribution in [0.3, 0.4) is 0 Å². The molecule has 3 aromatic rings. The normalized spacial score (nSPS) is 17.8. The Labute approximate surface area is 179 Å². The van der Waals surface area contributed by atoms with Gasteiger partial charge in [0.05, 0.1) is 28.2 Å². The number of aliphatic imine (C=N–C) groups is 1. The quantitative estimate of drug-likeness (QED) is 0.648. The van der Waals surface area contributed by atoms with Gasteiger partial charge in [-0.15, -0.1) is 0 Å². The minimum Gasteiger partial charge on any atom is -0.494 e. The lowest BCUT2D eigenvalue weighted by molar-refractivity contribution is 0.137. The average molecular weight is 439 g/mol. The van der Waals surface area contributed by atoms with Gasteiger partial charge in [0, 0.05) is 18.7 Å². The first kappa shape index (κ1) is 19.8. The number of ether oxygens (including phenoxy) is 1. The molecular weight excluding hydrogens is 416 g/mol. The van der Waals surface area contributed by atoms with Crippen LogP contribution in [0.5, 0.6) is 11.6 Å². The molecule has 2 aliphatic rings. The zero-order chi connectivity index (χ0) is 21.6. The van der Waals surface area contributed by atoms with Crippen molar-refractivity contribution in [3.05, 3.63) is 52.5 Å². The van der Waals surface area contributed by atoms with E-state index in [9.17, 15) is 13.5 Å². The molecule has 0 spiro atoms. The largest absolute Gasteiger partial charge is 0.494 e. The monoisotopic (exact) mass is 438 g/mol. The summed E-state index contributed by atoms with van der Waals surface area (Å²) in [5.74, 6) is 0.721. The number of piperidine rings is 1. The summed E-state index contributed by atoms with van der Waals surface area (Å²) < 4.78 is 31.3. The molecule has 0 aliphatic carbocycles. The molecule has 8 nitrogen and oxygen atoms in total. The van der Waals surface area contributed by atoms with E-state index in [1.807, 2.05) is 42.5 Å². The maximum Gasteiger partial charge on any atom is 0.211 e. The number of H-pyrrole nitrogens is 1. The van der Waals surface area contributed by atoms with Crippen molar-refractivity contribution >= 4 is 39.0 Å². The number of aromatic nitrogens is 1. The van der Waals surface area contributed by atoms with Crippen molar-refractivity contribution in [1.29, 1.82) is 0 Å². The minimum atomic E-state index is -3.18. The van der Waals surface area contributed by atoms with E-state index in [1.54, 1.807) is 0 Å². The number of aromatic amines is 1. The van der Waals surface area contributed by atoms with E-state index in [2.05, 4.69) is 15.0 Å². The fourth-order valence-corrected chi connectivity index (χ4v) is 4.96. The van der Waals surface area contributed by atoms with E-state index in [0.717, 1.165) is 27.2 Å².